The number of hydrogen-bond acceptors (Lipinski definition) is 6. The Bertz CT molecular complexity index is 996. The van der Waals surface area contributed by atoms with Gasteiger partial charge in [-0.05, 0) is 38.5 Å². The van der Waals surface area contributed by atoms with Crippen LogP contribution in [0.15, 0.2) is 47.7 Å². The number of amidine groups is 1. The molecule has 0 bridgehead atoms. The molecule has 3 heterocycles. The van der Waals surface area contributed by atoms with Crippen LogP contribution in [0, 0.1) is 0 Å². The van der Waals surface area contributed by atoms with Gasteiger partial charge in [-0.15, -0.1) is 0 Å². The zero-order valence-electron chi connectivity index (χ0n) is 14.7. The number of nitrogens with one attached hydrogen (secondary N) is 2. The monoisotopic (exact) mass is 370 g/mol. The summed E-state index contributed by atoms with van der Waals surface area (Å²) in [5, 5.41) is 8.44. The van der Waals surface area contributed by atoms with Crippen LogP contribution >= 0.6 is 11.6 Å². The molecule has 0 spiro atoms. The van der Waals surface area contributed by atoms with Gasteiger partial charge in [-0.1, -0.05) is 29.8 Å². The van der Waals surface area contributed by atoms with Gasteiger partial charge in [0.05, 0.1) is 17.8 Å². The first kappa shape index (κ1) is 16.8. The van der Waals surface area contributed by atoms with E-state index in [1.807, 2.05) is 57.3 Å². The minimum Gasteiger partial charge on any atom is -0.363 e. The lowest BCUT2D eigenvalue weighted by molar-refractivity contribution is -0.0269. The summed E-state index contributed by atoms with van der Waals surface area (Å²) >= 11 is 6.29. The molecule has 1 aliphatic rings. The van der Waals surface area contributed by atoms with Crippen molar-refractivity contribution in [3.05, 3.63) is 58.9 Å². The summed E-state index contributed by atoms with van der Waals surface area (Å²) in [6, 6.07) is 9.65. The lowest BCUT2D eigenvalue weighted by Gasteiger charge is -2.16. The van der Waals surface area contributed by atoms with Gasteiger partial charge in [-0.3, -0.25) is 0 Å². The molecule has 1 atom stereocenters. The number of fused-ring (bicyclic) bond motifs is 1. The summed E-state index contributed by atoms with van der Waals surface area (Å²) in [4.78, 5) is 14.7. The summed E-state index contributed by atoms with van der Waals surface area (Å²) in [5.74, 6) is 1.35. The Kier molecular flexibility index (Phi) is 4.05. The normalized spacial score (nSPS) is 17.0. The van der Waals surface area contributed by atoms with Crippen molar-refractivity contribution in [3.63, 3.8) is 0 Å². The minimum atomic E-state index is -0.613. The number of hydrogen-bond donors (Lipinski definition) is 2. The first-order valence-electron chi connectivity index (χ1n) is 8.32. The molecule has 4 rings (SSSR count). The van der Waals surface area contributed by atoms with Crippen LogP contribution in [0.5, 0.6) is 0 Å². The van der Waals surface area contributed by atoms with Crippen LogP contribution in [0.3, 0.4) is 0 Å². The van der Waals surface area contributed by atoms with Gasteiger partial charge in [0.25, 0.3) is 0 Å². The Hall–Kier alpha value is -2.64. The molecule has 0 fully saturated rings. The van der Waals surface area contributed by atoms with E-state index in [2.05, 4.69) is 20.9 Å². The quantitative estimate of drug-likeness (QED) is 0.734. The highest BCUT2D eigenvalue weighted by molar-refractivity contribution is 6.31. The van der Waals surface area contributed by atoms with Crippen molar-refractivity contribution in [3.8, 4) is 0 Å². The van der Waals surface area contributed by atoms with E-state index in [0.717, 1.165) is 22.0 Å². The Balaban J connectivity index is 1.66. The van der Waals surface area contributed by atoms with Crippen molar-refractivity contribution in [1.82, 2.24) is 20.1 Å². The lowest BCUT2D eigenvalue weighted by atomic mass is 10.1. The van der Waals surface area contributed by atoms with Gasteiger partial charge >= 0.3 is 0 Å². The van der Waals surface area contributed by atoms with Crippen molar-refractivity contribution in [2.75, 3.05) is 5.32 Å². The third-order valence-corrected chi connectivity index (χ3v) is 4.48. The third kappa shape index (κ3) is 3.11. The van der Waals surface area contributed by atoms with Crippen LogP contribution in [0.1, 0.15) is 37.9 Å². The molecule has 1 aromatic carbocycles. The van der Waals surface area contributed by atoms with E-state index < -0.39 is 5.72 Å². The van der Waals surface area contributed by atoms with Crippen LogP contribution in [0.2, 0.25) is 5.02 Å². The topological polar surface area (TPSA) is 75.8 Å². The van der Waals surface area contributed by atoms with E-state index in [0.29, 0.717) is 11.5 Å². The first-order chi connectivity index (χ1) is 12.4. The molecule has 2 N–H and O–H groups in total. The molecule has 134 valence electrons. The molecule has 0 saturated carbocycles. The van der Waals surface area contributed by atoms with Gasteiger partial charge < -0.3 is 5.32 Å². The number of rotatable bonds is 4. The molecular weight excluding hydrogens is 352 g/mol. The van der Waals surface area contributed by atoms with Crippen LogP contribution in [0.25, 0.3) is 5.65 Å². The smallest absolute Gasteiger partial charge is 0.182 e. The predicted octanol–water partition coefficient (Wildman–Crippen LogP) is 3.57. The molecule has 2 aromatic heterocycles. The van der Waals surface area contributed by atoms with Gasteiger partial charge in [0, 0.05) is 11.2 Å². The van der Waals surface area contributed by atoms with Gasteiger partial charge in [0.1, 0.15) is 5.82 Å². The molecule has 8 heteroatoms. The van der Waals surface area contributed by atoms with Crippen LogP contribution in [0.4, 0.5) is 5.82 Å². The van der Waals surface area contributed by atoms with Crippen LogP contribution in [-0.2, 0) is 4.84 Å². The van der Waals surface area contributed by atoms with Crippen LogP contribution in [-0.4, -0.2) is 26.2 Å². The van der Waals surface area contributed by atoms with E-state index in [1.54, 1.807) is 10.7 Å². The summed E-state index contributed by atoms with van der Waals surface area (Å²) in [6.45, 7) is 5.80. The SMILES string of the molecule is CC(Nc1ccn2ncc(C3=NC(C)(C)ON3)c2n1)c1ccccc1Cl. The van der Waals surface area contributed by atoms with Gasteiger partial charge in [-0.25, -0.2) is 24.8 Å². The fraction of sp³-hybridized carbons (Fsp3) is 0.278. The second kappa shape index (κ2) is 6.26. The maximum absolute atomic E-state index is 6.29. The molecule has 0 aliphatic carbocycles. The predicted molar refractivity (Wildman–Crippen MR) is 101 cm³/mol. The van der Waals surface area contributed by atoms with Gasteiger partial charge in [0.2, 0.25) is 0 Å². The average molecular weight is 371 g/mol. The summed E-state index contributed by atoms with van der Waals surface area (Å²) in [6.07, 6.45) is 3.58. The molecule has 7 nitrogen and oxygen atoms in total. The Morgan fingerprint density at radius 1 is 1.27 bits per heavy atom. The summed E-state index contributed by atoms with van der Waals surface area (Å²) in [5.41, 5.74) is 4.73. The highest BCUT2D eigenvalue weighted by atomic mass is 35.5. The maximum atomic E-state index is 6.29. The number of halogens is 1. The Morgan fingerprint density at radius 3 is 2.81 bits per heavy atom. The maximum Gasteiger partial charge on any atom is 0.182 e. The van der Waals surface area contributed by atoms with E-state index in [4.69, 9.17) is 21.4 Å². The Morgan fingerprint density at radius 2 is 2.08 bits per heavy atom. The van der Waals surface area contributed by atoms with E-state index in [-0.39, 0.29) is 6.04 Å². The molecular formula is C18H19ClN6O. The number of aromatic nitrogens is 3. The van der Waals surface area contributed by atoms with Gasteiger partial charge in [-0.2, -0.15) is 5.10 Å². The molecule has 1 unspecified atom stereocenters. The van der Waals surface area contributed by atoms with E-state index in [9.17, 15) is 0 Å². The number of benzene rings is 1. The molecule has 26 heavy (non-hydrogen) atoms. The first-order valence-corrected chi connectivity index (χ1v) is 8.70. The van der Waals surface area contributed by atoms with Crippen molar-refractivity contribution < 1.29 is 4.84 Å². The molecule has 0 amide bonds. The Labute approximate surface area is 156 Å². The fourth-order valence-electron chi connectivity index (χ4n) is 2.85. The summed E-state index contributed by atoms with van der Waals surface area (Å²) in [7, 11) is 0. The molecule has 0 saturated heterocycles. The lowest BCUT2D eigenvalue weighted by Crippen LogP contribution is -2.23. The fourth-order valence-corrected chi connectivity index (χ4v) is 3.14. The molecule has 1 aliphatic heterocycles. The summed E-state index contributed by atoms with van der Waals surface area (Å²) < 4.78 is 1.70. The standard InChI is InChI=1S/C18H19ClN6O/c1-11(12-6-4-5-7-14(12)19)21-15-8-9-25-17(22-15)13(10-20-25)16-23-18(2,3)26-24-16/h4-11H,1-3H3,(H,21,22)(H,23,24). The van der Waals surface area contributed by atoms with Crippen molar-refractivity contribution >= 4 is 28.9 Å². The zero-order chi connectivity index (χ0) is 18.3. The van der Waals surface area contributed by atoms with E-state index >= 15 is 0 Å². The molecule has 0 radical (unpaired) electrons. The van der Waals surface area contributed by atoms with Crippen molar-refractivity contribution in [2.45, 2.75) is 32.5 Å². The second-order valence-electron chi connectivity index (χ2n) is 6.64. The third-order valence-electron chi connectivity index (χ3n) is 4.14. The number of nitrogens with zero attached hydrogens (tertiary/aromatic N) is 4. The number of hydroxylamine groups is 1. The minimum absolute atomic E-state index is 0.00855. The number of anilines is 1. The van der Waals surface area contributed by atoms with Gasteiger partial charge in [0.15, 0.2) is 17.2 Å². The zero-order valence-corrected chi connectivity index (χ0v) is 15.4. The highest BCUT2D eigenvalue weighted by Gasteiger charge is 2.28. The molecule has 3 aromatic rings. The number of aliphatic imine (C=N–C) groups is 1. The van der Waals surface area contributed by atoms with Crippen LogP contribution < -0.4 is 10.8 Å². The average Bonchev–Trinajstić information content (AvgIpc) is 3.17. The van der Waals surface area contributed by atoms with E-state index in [1.165, 1.54) is 0 Å². The van der Waals surface area contributed by atoms with Crippen molar-refractivity contribution in [2.24, 2.45) is 4.99 Å². The highest BCUT2D eigenvalue weighted by Crippen LogP contribution is 2.26. The van der Waals surface area contributed by atoms with Crippen molar-refractivity contribution in [1.29, 1.82) is 0 Å². The second-order valence-corrected chi connectivity index (χ2v) is 7.05. The largest absolute Gasteiger partial charge is 0.363 e.